The van der Waals surface area contributed by atoms with Gasteiger partial charge >= 0.3 is 0 Å². The molecule has 116 valence electrons. The van der Waals surface area contributed by atoms with Crippen LogP contribution in [0.3, 0.4) is 0 Å². The Morgan fingerprint density at radius 2 is 2.14 bits per heavy atom. The van der Waals surface area contributed by atoms with E-state index in [1.54, 1.807) is 12.1 Å². The molecule has 1 heterocycles. The third kappa shape index (κ3) is 3.64. The maximum atomic E-state index is 13.1. The fraction of sp³-hybridized carbons (Fsp3) is 0.333. The Bertz CT molecular complexity index is 671. The van der Waals surface area contributed by atoms with E-state index in [-0.39, 0.29) is 17.2 Å². The van der Waals surface area contributed by atoms with Gasteiger partial charge in [-0.15, -0.1) is 0 Å². The molecule has 5 nitrogen and oxygen atoms in total. The van der Waals surface area contributed by atoms with Crippen molar-refractivity contribution in [3.63, 3.8) is 0 Å². The Morgan fingerprint density at radius 1 is 1.27 bits per heavy atom. The highest BCUT2D eigenvalue weighted by atomic mass is 35.5. The summed E-state index contributed by atoms with van der Waals surface area (Å²) in [7, 11) is 0. The number of benzene rings is 1. The minimum atomic E-state index is -0.473. The molecule has 1 aromatic carbocycles. The Kier molecular flexibility index (Phi) is 4.40. The number of rotatable bonds is 4. The Morgan fingerprint density at radius 3 is 2.86 bits per heavy atom. The fourth-order valence-corrected chi connectivity index (χ4v) is 2.57. The molecule has 1 aliphatic rings. The van der Waals surface area contributed by atoms with Gasteiger partial charge in [0.05, 0.1) is 11.1 Å². The van der Waals surface area contributed by atoms with E-state index in [1.807, 2.05) is 0 Å². The fourth-order valence-electron chi connectivity index (χ4n) is 2.39. The van der Waals surface area contributed by atoms with Gasteiger partial charge < -0.3 is 15.2 Å². The van der Waals surface area contributed by atoms with Crippen LogP contribution < -0.4 is 10.1 Å². The number of anilines is 2. The monoisotopic (exact) mass is 323 g/mol. The summed E-state index contributed by atoms with van der Waals surface area (Å²) in [6, 6.07) is 5.98. The zero-order valence-corrected chi connectivity index (χ0v) is 12.4. The lowest BCUT2D eigenvalue weighted by atomic mass is 10.3. The molecule has 3 rings (SSSR count). The van der Waals surface area contributed by atoms with Gasteiger partial charge in [-0.1, -0.05) is 11.6 Å². The van der Waals surface area contributed by atoms with Gasteiger partial charge in [-0.25, -0.2) is 14.4 Å². The molecule has 2 N–H and O–H groups in total. The number of aromatic nitrogens is 2. The number of nitrogens with one attached hydrogen (secondary N) is 1. The van der Waals surface area contributed by atoms with Crippen molar-refractivity contribution in [3.8, 4) is 5.88 Å². The van der Waals surface area contributed by atoms with Gasteiger partial charge in [-0.2, -0.15) is 0 Å². The molecule has 7 heteroatoms. The lowest BCUT2D eigenvalue weighted by Gasteiger charge is -2.13. The van der Waals surface area contributed by atoms with E-state index in [1.165, 1.54) is 18.5 Å². The van der Waals surface area contributed by atoms with Crippen LogP contribution in [0.15, 0.2) is 30.6 Å². The molecule has 2 aromatic rings. The van der Waals surface area contributed by atoms with Crippen molar-refractivity contribution in [1.29, 1.82) is 0 Å². The molecule has 1 saturated carbocycles. The SMILES string of the molecule is OC1CCC(Oc2cc(Nc3ccc(F)c(Cl)c3)ncn2)C1. The molecule has 22 heavy (non-hydrogen) atoms. The van der Waals surface area contributed by atoms with Crippen LogP contribution in [-0.4, -0.2) is 27.3 Å². The summed E-state index contributed by atoms with van der Waals surface area (Å²) >= 11 is 5.74. The van der Waals surface area contributed by atoms with Gasteiger partial charge in [-0.05, 0) is 31.0 Å². The Hall–Kier alpha value is -1.92. The van der Waals surface area contributed by atoms with E-state index in [0.717, 1.165) is 12.8 Å². The van der Waals surface area contributed by atoms with Gasteiger partial charge in [0.25, 0.3) is 0 Å². The van der Waals surface area contributed by atoms with Crippen molar-refractivity contribution >= 4 is 23.1 Å². The molecule has 0 aliphatic heterocycles. The molecule has 2 unspecified atom stereocenters. The van der Waals surface area contributed by atoms with E-state index >= 15 is 0 Å². The summed E-state index contributed by atoms with van der Waals surface area (Å²) in [5, 5.41) is 12.6. The average Bonchev–Trinajstić information content (AvgIpc) is 2.89. The normalized spacial score (nSPS) is 20.9. The first-order valence-electron chi connectivity index (χ1n) is 6.99. The maximum Gasteiger partial charge on any atom is 0.218 e. The largest absolute Gasteiger partial charge is 0.474 e. The Balaban J connectivity index is 1.69. The van der Waals surface area contributed by atoms with Gasteiger partial charge in [0.15, 0.2) is 0 Å². The highest BCUT2D eigenvalue weighted by molar-refractivity contribution is 6.31. The second-order valence-corrected chi connectivity index (χ2v) is 5.61. The molecule has 0 saturated heterocycles. The third-order valence-electron chi connectivity index (χ3n) is 3.48. The van der Waals surface area contributed by atoms with Gasteiger partial charge in [0.2, 0.25) is 5.88 Å². The van der Waals surface area contributed by atoms with Gasteiger partial charge in [0, 0.05) is 18.2 Å². The molecular formula is C15H15ClFN3O2. The molecule has 1 aromatic heterocycles. The minimum absolute atomic E-state index is 0.0296. The van der Waals surface area contributed by atoms with Crippen molar-refractivity contribution in [2.24, 2.45) is 0 Å². The molecular weight excluding hydrogens is 309 g/mol. The first-order chi connectivity index (χ1) is 10.6. The smallest absolute Gasteiger partial charge is 0.218 e. The van der Waals surface area contributed by atoms with E-state index in [9.17, 15) is 9.50 Å². The lowest BCUT2D eigenvalue weighted by molar-refractivity contribution is 0.147. The lowest BCUT2D eigenvalue weighted by Crippen LogP contribution is -2.14. The number of hydrogen-bond acceptors (Lipinski definition) is 5. The van der Waals surface area contributed by atoms with Gasteiger partial charge in [0.1, 0.15) is 24.1 Å². The van der Waals surface area contributed by atoms with Crippen LogP contribution in [0.4, 0.5) is 15.9 Å². The van der Waals surface area contributed by atoms with Crippen molar-refractivity contribution < 1.29 is 14.2 Å². The van der Waals surface area contributed by atoms with Crippen LogP contribution in [0.5, 0.6) is 5.88 Å². The topological polar surface area (TPSA) is 67.3 Å². The Labute approximate surface area is 132 Å². The van der Waals surface area contributed by atoms with E-state index in [0.29, 0.717) is 23.8 Å². The summed E-state index contributed by atoms with van der Waals surface area (Å²) in [5.41, 5.74) is 0.618. The predicted octanol–water partition coefficient (Wildman–Crippen LogP) is 3.30. The zero-order valence-electron chi connectivity index (χ0n) is 11.7. The minimum Gasteiger partial charge on any atom is -0.474 e. The van der Waals surface area contributed by atoms with Crippen molar-refractivity contribution in [1.82, 2.24) is 9.97 Å². The van der Waals surface area contributed by atoms with Crippen molar-refractivity contribution in [2.45, 2.75) is 31.5 Å². The first-order valence-corrected chi connectivity index (χ1v) is 7.37. The molecule has 2 atom stereocenters. The number of hydrogen-bond donors (Lipinski definition) is 2. The molecule has 1 fully saturated rings. The third-order valence-corrected chi connectivity index (χ3v) is 3.77. The van der Waals surface area contributed by atoms with E-state index < -0.39 is 5.82 Å². The molecule has 0 bridgehead atoms. The summed E-state index contributed by atoms with van der Waals surface area (Å²) in [4.78, 5) is 8.15. The number of aliphatic hydroxyl groups excluding tert-OH is 1. The number of nitrogens with zero attached hydrogens (tertiary/aromatic N) is 2. The van der Waals surface area contributed by atoms with E-state index in [2.05, 4.69) is 15.3 Å². The summed E-state index contributed by atoms with van der Waals surface area (Å²) < 4.78 is 18.9. The standard InChI is InChI=1S/C15H15ClFN3O2/c16-12-5-9(1-4-13(12)17)20-14-7-15(19-8-18-14)22-11-3-2-10(21)6-11/h1,4-5,7-8,10-11,21H,2-3,6H2,(H,18,19,20). The first kappa shape index (κ1) is 15.0. The van der Waals surface area contributed by atoms with Crippen molar-refractivity contribution in [3.05, 3.63) is 41.4 Å². The summed E-state index contributed by atoms with van der Waals surface area (Å²) in [6.45, 7) is 0. The summed E-state index contributed by atoms with van der Waals surface area (Å²) in [6.07, 6.45) is 3.22. The quantitative estimate of drug-likeness (QED) is 0.903. The van der Waals surface area contributed by atoms with Crippen LogP contribution in [0, 0.1) is 5.82 Å². The molecule has 0 amide bonds. The van der Waals surface area contributed by atoms with Gasteiger partial charge in [-0.3, -0.25) is 0 Å². The molecule has 0 radical (unpaired) electrons. The highest BCUT2D eigenvalue weighted by Crippen LogP contribution is 2.26. The van der Waals surface area contributed by atoms with Crippen LogP contribution in [0.2, 0.25) is 5.02 Å². The van der Waals surface area contributed by atoms with E-state index in [4.69, 9.17) is 16.3 Å². The molecule has 0 spiro atoms. The van der Waals surface area contributed by atoms with Crippen LogP contribution in [0.25, 0.3) is 0 Å². The maximum absolute atomic E-state index is 13.1. The highest BCUT2D eigenvalue weighted by Gasteiger charge is 2.24. The number of ether oxygens (including phenoxy) is 1. The van der Waals surface area contributed by atoms with Crippen LogP contribution in [-0.2, 0) is 0 Å². The zero-order chi connectivity index (χ0) is 15.5. The predicted molar refractivity (Wildman–Crippen MR) is 81.0 cm³/mol. The second kappa shape index (κ2) is 6.46. The van der Waals surface area contributed by atoms with Crippen LogP contribution >= 0.6 is 11.6 Å². The number of halogens is 2. The summed E-state index contributed by atoms with van der Waals surface area (Å²) in [5.74, 6) is 0.481. The molecule has 1 aliphatic carbocycles. The van der Waals surface area contributed by atoms with Crippen LogP contribution in [0.1, 0.15) is 19.3 Å². The number of aliphatic hydroxyl groups is 1. The van der Waals surface area contributed by atoms with Crippen molar-refractivity contribution in [2.75, 3.05) is 5.32 Å². The average molecular weight is 324 g/mol. The second-order valence-electron chi connectivity index (χ2n) is 5.20.